The first-order valence-corrected chi connectivity index (χ1v) is 11.9. The number of imide groups is 1. The minimum absolute atomic E-state index is 0.0594. The van der Waals surface area contributed by atoms with Gasteiger partial charge in [0.25, 0.3) is 0 Å². The normalized spacial score (nSPS) is 28.4. The van der Waals surface area contributed by atoms with E-state index in [-0.39, 0.29) is 23.8 Å². The van der Waals surface area contributed by atoms with E-state index in [9.17, 15) is 24.8 Å². The summed E-state index contributed by atoms with van der Waals surface area (Å²) < 4.78 is 6.37. The zero-order valence-electron chi connectivity index (χ0n) is 19.5. The zero-order valence-corrected chi connectivity index (χ0v) is 19.5. The van der Waals surface area contributed by atoms with Crippen molar-refractivity contribution in [1.29, 1.82) is 5.26 Å². The molecule has 6 rings (SSSR count). The van der Waals surface area contributed by atoms with Gasteiger partial charge in [-0.1, -0.05) is 36.4 Å². The first kappa shape index (κ1) is 22.3. The molecule has 0 radical (unpaired) electrons. The van der Waals surface area contributed by atoms with E-state index >= 15 is 0 Å². The van der Waals surface area contributed by atoms with E-state index in [1.54, 1.807) is 48.5 Å². The highest BCUT2D eigenvalue weighted by molar-refractivity contribution is 6.26. The summed E-state index contributed by atoms with van der Waals surface area (Å²) in [6.45, 7) is 1.84. The molecule has 3 amide bonds. The van der Waals surface area contributed by atoms with Crippen molar-refractivity contribution in [3.8, 4) is 11.8 Å². The molecule has 3 aliphatic heterocycles. The van der Waals surface area contributed by atoms with Crippen molar-refractivity contribution in [1.82, 2.24) is 0 Å². The Labute approximate surface area is 207 Å². The van der Waals surface area contributed by atoms with E-state index in [1.807, 2.05) is 13.0 Å². The quantitative estimate of drug-likeness (QED) is 0.431. The number of nitriles is 1. The largest absolute Gasteiger partial charge is 0.506 e. The lowest BCUT2D eigenvalue weighted by Crippen LogP contribution is -2.44. The number of benzene rings is 3. The minimum Gasteiger partial charge on any atom is -0.506 e. The van der Waals surface area contributed by atoms with Crippen molar-refractivity contribution < 1.29 is 24.2 Å². The summed E-state index contributed by atoms with van der Waals surface area (Å²) in [6.07, 6.45) is 0.915. The molecule has 3 heterocycles. The summed E-state index contributed by atoms with van der Waals surface area (Å²) >= 11 is 0. The topological polar surface area (TPSA) is 120 Å². The number of ether oxygens (including phenoxy) is 1. The number of para-hydroxylation sites is 2. The number of nitrogens with zero attached hydrogens (tertiary/aromatic N) is 2. The molecule has 0 aliphatic carbocycles. The molecule has 8 nitrogen and oxygen atoms in total. The molecule has 0 saturated carbocycles. The van der Waals surface area contributed by atoms with Crippen molar-refractivity contribution in [3.05, 3.63) is 66.2 Å². The molecule has 3 aromatic carbocycles. The maximum Gasteiger partial charge on any atom is 0.240 e. The van der Waals surface area contributed by atoms with Gasteiger partial charge in [-0.15, -0.1) is 0 Å². The number of phenols is 1. The molecule has 36 heavy (non-hydrogen) atoms. The average Bonchev–Trinajstić information content (AvgIpc) is 3.44. The lowest BCUT2D eigenvalue weighted by Gasteiger charge is -2.30. The van der Waals surface area contributed by atoms with Crippen LogP contribution < -0.4 is 10.2 Å². The SMILES string of the molecule is CC12CC[C@@](CC(=O)Nc3ccccc3O)(O1)[C@H]1C(=O)N(c3ccc(C#N)c4ccccc34)C(=O)[C@H]12. The number of hydrogen-bond donors (Lipinski definition) is 2. The first-order chi connectivity index (χ1) is 17.3. The number of fused-ring (bicyclic) bond motifs is 6. The van der Waals surface area contributed by atoms with Crippen molar-refractivity contribution in [2.75, 3.05) is 10.2 Å². The number of rotatable bonds is 4. The summed E-state index contributed by atoms with van der Waals surface area (Å²) in [6, 6.07) is 19.0. The predicted molar refractivity (Wildman–Crippen MR) is 131 cm³/mol. The summed E-state index contributed by atoms with van der Waals surface area (Å²) in [5, 5.41) is 23.6. The van der Waals surface area contributed by atoms with Gasteiger partial charge in [0.15, 0.2) is 0 Å². The zero-order chi connectivity index (χ0) is 25.2. The molecule has 180 valence electrons. The summed E-state index contributed by atoms with van der Waals surface area (Å²) in [5.74, 6) is -2.69. The van der Waals surface area contributed by atoms with Gasteiger partial charge in [-0.05, 0) is 44.0 Å². The number of phenolic OH excluding ortho intramolecular Hbond substituents is 1. The highest BCUT2D eigenvalue weighted by Crippen LogP contribution is 2.62. The Morgan fingerprint density at radius 1 is 1.06 bits per heavy atom. The Morgan fingerprint density at radius 2 is 1.75 bits per heavy atom. The Balaban J connectivity index is 1.37. The average molecular weight is 482 g/mol. The van der Waals surface area contributed by atoms with Crippen LogP contribution >= 0.6 is 0 Å². The Kier molecular flexibility index (Phi) is 4.72. The van der Waals surface area contributed by atoms with Gasteiger partial charge < -0.3 is 15.2 Å². The molecule has 3 fully saturated rings. The molecule has 0 aromatic heterocycles. The Bertz CT molecular complexity index is 1510. The molecule has 1 unspecified atom stereocenters. The fourth-order valence-electron chi connectivity index (χ4n) is 6.37. The molecule has 3 aromatic rings. The highest BCUT2D eigenvalue weighted by atomic mass is 16.5. The number of aromatic hydroxyl groups is 1. The van der Waals surface area contributed by atoms with E-state index in [0.29, 0.717) is 34.9 Å². The lowest BCUT2D eigenvalue weighted by molar-refractivity contribution is -0.133. The van der Waals surface area contributed by atoms with Crippen LogP contribution in [-0.2, 0) is 19.1 Å². The fraction of sp³-hybridized carbons (Fsp3) is 0.286. The highest BCUT2D eigenvalue weighted by Gasteiger charge is 2.74. The van der Waals surface area contributed by atoms with Gasteiger partial charge in [0.1, 0.15) is 5.75 Å². The predicted octanol–water partition coefficient (Wildman–Crippen LogP) is 3.87. The maximum absolute atomic E-state index is 13.9. The number of hydrogen-bond acceptors (Lipinski definition) is 6. The molecule has 2 bridgehead atoms. The van der Waals surface area contributed by atoms with Crippen LogP contribution in [0.1, 0.15) is 31.7 Å². The van der Waals surface area contributed by atoms with Gasteiger partial charge in [0.2, 0.25) is 17.7 Å². The number of amides is 3. The van der Waals surface area contributed by atoms with Crippen LogP contribution in [0, 0.1) is 23.2 Å². The summed E-state index contributed by atoms with van der Waals surface area (Å²) in [5.41, 5.74) is -0.803. The van der Waals surface area contributed by atoms with Gasteiger partial charge in [0, 0.05) is 10.8 Å². The first-order valence-electron chi connectivity index (χ1n) is 11.9. The molecule has 0 spiro atoms. The van der Waals surface area contributed by atoms with Crippen molar-refractivity contribution >= 4 is 39.9 Å². The van der Waals surface area contributed by atoms with Crippen LogP contribution in [0.25, 0.3) is 10.8 Å². The van der Waals surface area contributed by atoms with Gasteiger partial charge in [-0.2, -0.15) is 5.26 Å². The molecule has 3 aliphatic rings. The van der Waals surface area contributed by atoms with Crippen LogP contribution in [-0.4, -0.2) is 34.0 Å². The second kappa shape index (κ2) is 7.64. The van der Waals surface area contributed by atoms with E-state index in [4.69, 9.17) is 4.74 Å². The van der Waals surface area contributed by atoms with E-state index in [2.05, 4.69) is 11.4 Å². The van der Waals surface area contributed by atoms with Gasteiger partial charge in [-0.25, -0.2) is 4.90 Å². The van der Waals surface area contributed by atoms with Crippen molar-refractivity contribution in [2.45, 2.75) is 37.4 Å². The minimum atomic E-state index is -1.11. The number of nitrogens with one attached hydrogen (secondary N) is 1. The number of carbonyl (C=O) groups is 3. The third-order valence-corrected chi connectivity index (χ3v) is 7.91. The smallest absolute Gasteiger partial charge is 0.240 e. The van der Waals surface area contributed by atoms with Gasteiger partial charge in [-0.3, -0.25) is 14.4 Å². The van der Waals surface area contributed by atoms with E-state index in [0.717, 1.165) is 0 Å². The molecule has 8 heteroatoms. The fourth-order valence-corrected chi connectivity index (χ4v) is 6.37. The molecular weight excluding hydrogens is 458 g/mol. The van der Waals surface area contributed by atoms with Crippen molar-refractivity contribution in [3.63, 3.8) is 0 Å². The Hall–Kier alpha value is -4.22. The Morgan fingerprint density at radius 3 is 2.50 bits per heavy atom. The van der Waals surface area contributed by atoms with Gasteiger partial charge >= 0.3 is 0 Å². The number of anilines is 2. The summed E-state index contributed by atoms with van der Waals surface area (Å²) in [4.78, 5) is 42.0. The van der Waals surface area contributed by atoms with Crippen LogP contribution in [0.15, 0.2) is 60.7 Å². The molecule has 3 saturated heterocycles. The molecule has 4 atom stereocenters. The number of carbonyl (C=O) groups excluding carboxylic acids is 3. The second-order valence-electron chi connectivity index (χ2n) is 9.98. The van der Waals surface area contributed by atoms with Crippen LogP contribution in [0.2, 0.25) is 0 Å². The lowest BCUT2D eigenvalue weighted by atomic mass is 9.67. The molecular formula is C28H23N3O5. The maximum atomic E-state index is 13.9. The third kappa shape index (κ3) is 2.99. The third-order valence-electron chi connectivity index (χ3n) is 7.91. The van der Waals surface area contributed by atoms with Crippen LogP contribution in [0.4, 0.5) is 11.4 Å². The monoisotopic (exact) mass is 481 g/mol. The van der Waals surface area contributed by atoms with Crippen molar-refractivity contribution in [2.24, 2.45) is 11.8 Å². The van der Waals surface area contributed by atoms with Crippen LogP contribution in [0.3, 0.4) is 0 Å². The second-order valence-corrected chi connectivity index (χ2v) is 9.98. The summed E-state index contributed by atoms with van der Waals surface area (Å²) in [7, 11) is 0. The van der Waals surface area contributed by atoms with E-state index < -0.39 is 34.9 Å². The van der Waals surface area contributed by atoms with Crippen LogP contribution in [0.5, 0.6) is 5.75 Å². The van der Waals surface area contributed by atoms with Gasteiger partial charge in [0.05, 0.1) is 52.5 Å². The van der Waals surface area contributed by atoms with E-state index in [1.165, 1.54) is 11.0 Å². The standard InChI is InChI=1S/C28H23N3O5/c1-27-12-13-28(36-27,14-22(33)30-19-8-4-5-9-21(19)32)24-23(27)25(34)31(26(24)35)20-11-10-16(15-29)17-6-2-3-7-18(17)20/h2-11,23-24,32H,12-14H2,1H3,(H,30,33)/t23-,24+,27?,28-/m0/s1. The molecule has 2 N–H and O–H groups in total.